The molecule has 0 heterocycles. The molecule has 0 amide bonds. The van der Waals surface area contributed by atoms with Crippen LogP contribution >= 0.6 is 23.2 Å². The lowest BCUT2D eigenvalue weighted by Crippen LogP contribution is -2.39. The van der Waals surface area contributed by atoms with Crippen LogP contribution in [0.1, 0.15) is 29.4 Å². The van der Waals surface area contributed by atoms with E-state index in [1.54, 1.807) is 11.1 Å². The van der Waals surface area contributed by atoms with Crippen molar-refractivity contribution < 1.29 is 0 Å². The van der Waals surface area contributed by atoms with Crippen LogP contribution in [0.2, 0.25) is 0 Å². The molecule has 0 N–H and O–H groups in total. The normalized spacial score (nSPS) is 49.7. The maximum atomic E-state index is 6.39. The number of alkyl halides is 2. The first-order chi connectivity index (χ1) is 7.29. The second-order valence-corrected chi connectivity index (χ2v) is 6.14. The smallest absolute Gasteiger partial charge is 0.0537 e. The van der Waals surface area contributed by atoms with Gasteiger partial charge in [0.15, 0.2) is 0 Å². The van der Waals surface area contributed by atoms with E-state index in [1.807, 2.05) is 0 Å². The monoisotopic (exact) mass is 238 g/mol. The van der Waals surface area contributed by atoms with Gasteiger partial charge < -0.3 is 0 Å². The van der Waals surface area contributed by atoms with Crippen molar-refractivity contribution in [3.05, 3.63) is 35.4 Å². The van der Waals surface area contributed by atoms with Crippen LogP contribution in [0.15, 0.2) is 24.3 Å². The predicted octanol–water partition coefficient (Wildman–Crippen LogP) is 3.73. The van der Waals surface area contributed by atoms with Gasteiger partial charge in [-0.05, 0) is 41.2 Å². The average molecular weight is 239 g/mol. The number of halogens is 2. The van der Waals surface area contributed by atoms with Crippen molar-refractivity contribution >= 4 is 23.2 Å². The van der Waals surface area contributed by atoms with E-state index in [9.17, 15) is 0 Å². The van der Waals surface area contributed by atoms with E-state index in [-0.39, 0.29) is 10.8 Å². The average Bonchev–Trinajstić information content (AvgIpc) is 2.70. The molecule has 2 bridgehead atoms. The third-order valence-electron chi connectivity index (χ3n) is 4.69. The molecule has 0 radical (unpaired) electrons. The summed E-state index contributed by atoms with van der Waals surface area (Å²) in [6, 6.07) is 8.82. The van der Waals surface area contributed by atoms with E-state index in [0.717, 1.165) is 11.8 Å². The lowest BCUT2D eigenvalue weighted by Gasteiger charge is -2.45. The molecule has 0 spiro atoms. The minimum absolute atomic E-state index is 0.200. The summed E-state index contributed by atoms with van der Waals surface area (Å²) < 4.78 is 0. The van der Waals surface area contributed by atoms with Gasteiger partial charge in [0.25, 0.3) is 0 Å². The van der Waals surface area contributed by atoms with Gasteiger partial charge in [-0.3, -0.25) is 0 Å². The quantitative estimate of drug-likeness (QED) is 0.605. The Labute approximate surface area is 99.6 Å². The third-order valence-corrected chi connectivity index (χ3v) is 6.01. The van der Waals surface area contributed by atoms with Crippen molar-refractivity contribution in [2.75, 3.05) is 0 Å². The van der Waals surface area contributed by atoms with Crippen LogP contribution in [0.25, 0.3) is 0 Å². The number of benzene rings is 1. The minimum Gasteiger partial charge on any atom is -0.121 e. The van der Waals surface area contributed by atoms with Crippen molar-refractivity contribution in [1.82, 2.24) is 0 Å². The molecular weight excluding hydrogens is 227 g/mol. The van der Waals surface area contributed by atoms with E-state index in [0.29, 0.717) is 11.8 Å². The maximum absolute atomic E-state index is 6.39. The Bertz CT molecular complexity index is 389. The zero-order valence-electron chi connectivity index (χ0n) is 8.24. The first-order valence-corrected chi connectivity index (χ1v) is 6.53. The summed E-state index contributed by atoms with van der Waals surface area (Å²) in [5.41, 5.74) is 3.09. The molecule has 0 aromatic heterocycles. The Morgan fingerprint density at radius 3 is 1.80 bits per heavy atom. The van der Waals surface area contributed by atoms with Crippen molar-refractivity contribution in [3.63, 3.8) is 0 Å². The van der Waals surface area contributed by atoms with Crippen molar-refractivity contribution in [2.24, 2.45) is 11.8 Å². The highest BCUT2D eigenvalue weighted by atomic mass is 35.5. The first kappa shape index (κ1) is 8.90. The highest BCUT2D eigenvalue weighted by molar-refractivity contribution is 6.31. The van der Waals surface area contributed by atoms with Gasteiger partial charge in [-0.15, -0.1) is 23.2 Å². The van der Waals surface area contributed by atoms with Crippen LogP contribution in [0.3, 0.4) is 0 Å². The van der Waals surface area contributed by atoms with E-state index in [1.165, 1.54) is 6.42 Å². The molecule has 15 heavy (non-hydrogen) atoms. The van der Waals surface area contributed by atoms with E-state index >= 15 is 0 Å². The molecule has 1 aromatic rings. The van der Waals surface area contributed by atoms with Crippen molar-refractivity contribution in [1.29, 1.82) is 0 Å². The second-order valence-electron chi connectivity index (χ2n) is 5.13. The SMILES string of the molecule is Cl[C@@H]1[C@@H](Cl)[C@@H]2C[C@H]1[C@H]1c3ccccc3[C@@H]21. The number of hydrogen-bond acceptors (Lipinski definition) is 0. The first-order valence-electron chi connectivity index (χ1n) is 5.66. The van der Waals surface area contributed by atoms with Gasteiger partial charge in [-0.2, -0.15) is 0 Å². The molecule has 3 aliphatic carbocycles. The molecule has 0 aliphatic heterocycles. The minimum atomic E-state index is 0.200. The molecule has 0 saturated heterocycles. The summed E-state index contributed by atoms with van der Waals surface area (Å²) in [5, 5.41) is 0.401. The number of rotatable bonds is 0. The summed E-state index contributed by atoms with van der Waals surface area (Å²) >= 11 is 12.8. The topological polar surface area (TPSA) is 0 Å². The highest BCUT2D eigenvalue weighted by Gasteiger charge is 2.62. The van der Waals surface area contributed by atoms with Crippen LogP contribution in [0, 0.1) is 11.8 Å². The van der Waals surface area contributed by atoms with E-state index < -0.39 is 0 Å². The number of hydrogen-bond donors (Lipinski definition) is 0. The summed E-state index contributed by atoms with van der Waals surface area (Å²) in [7, 11) is 0. The molecule has 3 aliphatic rings. The molecule has 0 nitrogen and oxygen atoms in total. The fourth-order valence-electron chi connectivity index (χ4n) is 4.14. The molecule has 0 unspecified atom stereocenters. The second kappa shape index (κ2) is 2.73. The Kier molecular flexibility index (Phi) is 1.62. The molecule has 2 saturated carbocycles. The van der Waals surface area contributed by atoms with Gasteiger partial charge in [0.2, 0.25) is 0 Å². The van der Waals surface area contributed by atoms with Gasteiger partial charge in [0.1, 0.15) is 0 Å². The molecule has 4 rings (SSSR count). The molecule has 6 atom stereocenters. The van der Waals surface area contributed by atoms with Crippen LogP contribution in [-0.4, -0.2) is 10.8 Å². The third kappa shape index (κ3) is 0.877. The standard InChI is InChI=1S/C13H12Cl2/c14-12-8-5-9(13(12)15)11-7-4-2-1-3-6(7)10(8)11/h1-4,8-13H,5H2/t8-,9+,10+,11-,12-,13-/m0/s1. The van der Waals surface area contributed by atoms with Crippen LogP contribution in [-0.2, 0) is 0 Å². The van der Waals surface area contributed by atoms with Crippen LogP contribution < -0.4 is 0 Å². The largest absolute Gasteiger partial charge is 0.121 e. The van der Waals surface area contributed by atoms with Crippen molar-refractivity contribution in [2.45, 2.75) is 29.0 Å². The zero-order chi connectivity index (χ0) is 10.2. The summed E-state index contributed by atoms with van der Waals surface area (Å²) in [6.45, 7) is 0. The van der Waals surface area contributed by atoms with Gasteiger partial charge >= 0.3 is 0 Å². The fourth-order valence-corrected chi connectivity index (χ4v) is 5.03. The lowest BCUT2D eigenvalue weighted by molar-refractivity contribution is 0.332. The van der Waals surface area contributed by atoms with Crippen LogP contribution in [0.4, 0.5) is 0 Å². The van der Waals surface area contributed by atoms with Gasteiger partial charge in [0.05, 0.1) is 10.8 Å². The highest BCUT2D eigenvalue weighted by Crippen LogP contribution is 2.69. The lowest BCUT2D eigenvalue weighted by atomic mass is 9.61. The summed E-state index contributed by atoms with van der Waals surface area (Å²) in [4.78, 5) is 0. The Morgan fingerprint density at radius 2 is 1.33 bits per heavy atom. The summed E-state index contributed by atoms with van der Waals surface area (Å²) in [5.74, 6) is 2.73. The van der Waals surface area contributed by atoms with Crippen LogP contribution in [0.5, 0.6) is 0 Å². The maximum Gasteiger partial charge on any atom is 0.0537 e. The Morgan fingerprint density at radius 1 is 0.867 bits per heavy atom. The van der Waals surface area contributed by atoms with Gasteiger partial charge in [-0.25, -0.2) is 0 Å². The Hall–Kier alpha value is -0.200. The van der Waals surface area contributed by atoms with Gasteiger partial charge in [-0.1, -0.05) is 24.3 Å². The predicted molar refractivity (Wildman–Crippen MR) is 62.8 cm³/mol. The molecular formula is C13H12Cl2. The molecule has 1 aromatic carbocycles. The van der Waals surface area contributed by atoms with Crippen molar-refractivity contribution in [3.8, 4) is 0 Å². The van der Waals surface area contributed by atoms with E-state index in [4.69, 9.17) is 23.2 Å². The molecule has 2 fully saturated rings. The Balaban J connectivity index is 1.84. The van der Waals surface area contributed by atoms with E-state index in [2.05, 4.69) is 24.3 Å². The number of fused-ring (bicyclic) bond motifs is 8. The zero-order valence-corrected chi connectivity index (χ0v) is 9.75. The van der Waals surface area contributed by atoms with Gasteiger partial charge in [0, 0.05) is 0 Å². The molecule has 78 valence electrons. The summed E-state index contributed by atoms with van der Waals surface area (Å²) in [6.07, 6.45) is 1.24. The molecule has 2 heteroatoms. The fraction of sp³-hybridized carbons (Fsp3) is 0.538.